The monoisotopic (exact) mass is 706 g/mol. The number of hydrogen-bond acceptors (Lipinski definition) is 10. The number of aromatic nitrogens is 1. The Hall–Kier alpha value is -3.65. The molecule has 0 radical (unpaired) electrons. The quantitative estimate of drug-likeness (QED) is 0.176. The van der Waals surface area contributed by atoms with Gasteiger partial charge in [-0.2, -0.15) is 0 Å². The van der Waals surface area contributed by atoms with Gasteiger partial charge in [0.25, 0.3) is 5.56 Å². The first-order valence-electron chi connectivity index (χ1n) is 13.3. The van der Waals surface area contributed by atoms with Gasteiger partial charge in [0.2, 0.25) is 0 Å². The molecule has 0 fully saturated rings. The molecule has 1 aliphatic heterocycles. The number of thiazole rings is 1. The molecule has 2 aromatic carbocycles. The summed E-state index contributed by atoms with van der Waals surface area (Å²) in [5.74, 6) is 0.714. The van der Waals surface area contributed by atoms with Crippen LogP contribution in [0.3, 0.4) is 0 Å². The third-order valence-corrected chi connectivity index (χ3v) is 7.98. The molecule has 0 spiro atoms. The number of esters is 2. The summed E-state index contributed by atoms with van der Waals surface area (Å²) >= 11 is 3.27. The van der Waals surface area contributed by atoms with Crippen LogP contribution in [0, 0.1) is 3.57 Å². The van der Waals surface area contributed by atoms with E-state index in [0.717, 1.165) is 0 Å². The van der Waals surface area contributed by atoms with Crippen LogP contribution < -0.4 is 33.8 Å². The Balaban J connectivity index is 1.94. The maximum Gasteiger partial charge on any atom is 0.338 e. The van der Waals surface area contributed by atoms with Crippen LogP contribution in [0.5, 0.6) is 23.0 Å². The van der Waals surface area contributed by atoms with Gasteiger partial charge in [0.15, 0.2) is 27.8 Å². The summed E-state index contributed by atoms with van der Waals surface area (Å²) in [6.07, 6.45) is 1.73. The van der Waals surface area contributed by atoms with E-state index in [2.05, 4.69) is 27.6 Å². The lowest BCUT2D eigenvalue weighted by molar-refractivity contribution is -0.139. The summed E-state index contributed by atoms with van der Waals surface area (Å²) in [4.78, 5) is 44.0. The molecular weight excluding hydrogens is 675 g/mol. The number of benzene rings is 2. The Kier molecular flexibility index (Phi) is 10.1. The summed E-state index contributed by atoms with van der Waals surface area (Å²) in [6, 6.07) is 8.02. The van der Waals surface area contributed by atoms with Crippen LogP contribution in [0.4, 0.5) is 0 Å². The molecule has 0 unspecified atom stereocenters. The second-order valence-corrected chi connectivity index (χ2v) is 11.2. The lowest BCUT2D eigenvalue weighted by Gasteiger charge is -2.25. The number of ether oxygens (including phenoxy) is 5. The number of methoxy groups -OCH3 is 1. The molecule has 1 aromatic heterocycles. The van der Waals surface area contributed by atoms with Crippen LogP contribution in [-0.4, -0.2) is 43.4 Å². The Morgan fingerprint density at radius 2 is 1.76 bits per heavy atom. The molecule has 3 aromatic rings. The predicted octanol–water partition coefficient (Wildman–Crippen LogP) is 4.13. The Labute approximate surface area is 260 Å². The molecule has 1 aliphatic rings. The molecule has 0 saturated carbocycles. The number of halogens is 1. The highest BCUT2D eigenvalue weighted by atomic mass is 127. The molecule has 12 heteroatoms. The van der Waals surface area contributed by atoms with Crippen LogP contribution in [0.15, 0.2) is 51.4 Å². The number of nitrogens with zero attached hydrogens (tertiary/aromatic N) is 2. The van der Waals surface area contributed by atoms with E-state index in [4.69, 9.17) is 23.7 Å². The van der Waals surface area contributed by atoms with Gasteiger partial charge in [-0.25, -0.2) is 9.79 Å². The minimum Gasteiger partial charge on any atom is -0.493 e. The molecule has 0 amide bonds. The fourth-order valence-corrected chi connectivity index (χ4v) is 6.35. The summed E-state index contributed by atoms with van der Waals surface area (Å²) in [5.41, 5.74) is 1.71. The van der Waals surface area contributed by atoms with Crippen LogP contribution in [0.2, 0.25) is 0 Å². The molecule has 1 atom stereocenters. The van der Waals surface area contributed by atoms with Crippen molar-refractivity contribution in [2.45, 2.75) is 40.7 Å². The van der Waals surface area contributed by atoms with Crippen molar-refractivity contribution in [2.75, 3.05) is 26.9 Å². The van der Waals surface area contributed by atoms with Crippen molar-refractivity contribution < 1.29 is 33.3 Å². The molecule has 42 heavy (non-hydrogen) atoms. The maximum atomic E-state index is 14.0. The lowest BCUT2D eigenvalue weighted by atomic mass is 9.95. The molecule has 4 rings (SSSR count). The number of fused-ring (bicyclic) bond motifs is 1. The number of hydrogen-bond donors (Lipinski definition) is 0. The summed E-state index contributed by atoms with van der Waals surface area (Å²) in [6.45, 7) is 9.40. The van der Waals surface area contributed by atoms with Gasteiger partial charge >= 0.3 is 11.9 Å². The third-order valence-electron chi connectivity index (χ3n) is 6.20. The predicted molar refractivity (Wildman–Crippen MR) is 166 cm³/mol. The number of allylic oxidation sites excluding steroid dienone is 1. The number of carbonyl (C=O) groups is 2. The highest BCUT2D eigenvalue weighted by Gasteiger charge is 2.34. The molecule has 10 nitrogen and oxygen atoms in total. The summed E-state index contributed by atoms with van der Waals surface area (Å²) in [7, 11) is 1.55. The van der Waals surface area contributed by atoms with Crippen LogP contribution >= 0.6 is 33.9 Å². The van der Waals surface area contributed by atoms with E-state index in [9.17, 15) is 14.4 Å². The van der Waals surface area contributed by atoms with E-state index in [1.54, 1.807) is 57.4 Å². The smallest absolute Gasteiger partial charge is 0.338 e. The Bertz CT molecular complexity index is 1740. The van der Waals surface area contributed by atoms with E-state index in [1.165, 1.54) is 22.8 Å². The van der Waals surface area contributed by atoms with Crippen LogP contribution in [0.25, 0.3) is 6.08 Å². The zero-order valence-electron chi connectivity index (χ0n) is 24.1. The summed E-state index contributed by atoms with van der Waals surface area (Å²) < 4.78 is 30.3. The average Bonchev–Trinajstić information content (AvgIpc) is 3.24. The average molecular weight is 707 g/mol. The van der Waals surface area contributed by atoms with Gasteiger partial charge < -0.3 is 23.7 Å². The SMILES string of the molecule is CCOC(=O)C1=C(C)N=c2s/c(=C\c3cc(I)c(OC(C)=O)c(OCC)c3)c(=O)n2[C@H]1c1ccc(OC)c(OCC)c1. The van der Waals surface area contributed by atoms with Gasteiger partial charge in [0.05, 0.1) is 52.3 Å². The van der Waals surface area contributed by atoms with E-state index in [-0.39, 0.29) is 17.7 Å². The molecular formula is C30H31IN2O8S. The highest BCUT2D eigenvalue weighted by Crippen LogP contribution is 2.37. The van der Waals surface area contributed by atoms with E-state index < -0.39 is 18.0 Å². The molecule has 0 saturated heterocycles. The van der Waals surface area contributed by atoms with Crippen molar-refractivity contribution in [1.82, 2.24) is 4.57 Å². The van der Waals surface area contributed by atoms with Crippen LogP contribution in [-0.2, 0) is 14.3 Å². The Morgan fingerprint density at radius 3 is 2.40 bits per heavy atom. The van der Waals surface area contributed by atoms with Gasteiger partial charge in [-0.15, -0.1) is 0 Å². The normalized spacial score (nSPS) is 14.6. The van der Waals surface area contributed by atoms with Crippen molar-refractivity contribution in [2.24, 2.45) is 4.99 Å². The van der Waals surface area contributed by atoms with Gasteiger partial charge in [0, 0.05) is 6.92 Å². The largest absolute Gasteiger partial charge is 0.493 e. The van der Waals surface area contributed by atoms with Crippen molar-refractivity contribution in [3.8, 4) is 23.0 Å². The van der Waals surface area contributed by atoms with Crippen molar-refractivity contribution >= 4 is 51.9 Å². The standard InChI is InChI=1S/C30H31IN2O8S/c1-7-38-22-15-19(10-11-21(22)37-6)26-25(29(36)40-9-3)16(4)32-30-33(26)28(35)24(42-30)14-18-12-20(31)27(41-17(5)34)23(13-18)39-8-2/h10-15,26H,7-9H2,1-6H3/b24-14-/t26-/m0/s1. The van der Waals surface area contributed by atoms with Gasteiger partial charge in [0.1, 0.15) is 0 Å². The number of rotatable bonds is 10. The first-order valence-corrected chi connectivity index (χ1v) is 15.2. The van der Waals surface area contributed by atoms with E-state index >= 15 is 0 Å². The van der Waals surface area contributed by atoms with Crippen molar-refractivity contribution in [3.63, 3.8) is 0 Å². The fraction of sp³-hybridized carbons (Fsp3) is 0.333. The van der Waals surface area contributed by atoms with E-state index in [1.807, 2.05) is 13.8 Å². The second kappa shape index (κ2) is 13.6. The van der Waals surface area contributed by atoms with Gasteiger partial charge in [-0.05, 0) is 91.8 Å². The third kappa shape index (κ3) is 6.38. The zero-order valence-corrected chi connectivity index (χ0v) is 27.1. The minimum absolute atomic E-state index is 0.170. The Morgan fingerprint density at radius 1 is 1.05 bits per heavy atom. The zero-order chi connectivity index (χ0) is 30.6. The van der Waals surface area contributed by atoms with Crippen LogP contribution in [0.1, 0.15) is 51.8 Å². The summed E-state index contributed by atoms with van der Waals surface area (Å²) in [5, 5.41) is 0. The van der Waals surface area contributed by atoms with Gasteiger partial charge in [-0.1, -0.05) is 17.4 Å². The fourth-order valence-electron chi connectivity index (χ4n) is 4.57. The molecule has 0 bridgehead atoms. The molecule has 222 valence electrons. The van der Waals surface area contributed by atoms with Crippen molar-refractivity contribution in [1.29, 1.82) is 0 Å². The first kappa shape index (κ1) is 31.3. The topological polar surface area (TPSA) is 115 Å². The second-order valence-electron chi connectivity index (χ2n) is 9.00. The van der Waals surface area contributed by atoms with Gasteiger partial charge in [-0.3, -0.25) is 14.2 Å². The molecule has 2 heterocycles. The number of carbonyl (C=O) groups excluding carboxylic acids is 2. The van der Waals surface area contributed by atoms with E-state index in [0.29, 0.717) is 65.9 Å². The maximum absolute atomic E-state index is 14.0. The molecule has 0 N–H and O–H groups in total. The minimum atomic E-state index is -0.807. The van der Waals surface area contributed by atoms with Crippen molar-refractivity contribution in [3.05, 3.63) is 76.0 Å². The molecule has 0 aliphatic carbocycles. The lowest BCUT2D eigenvalue weighted by Crippen LogP contribution is -2.40. The first-order chi connectivity index (χ1) is 20.1. The highest BCUT2D eigenvalue weighted by molar-refractivity contribution is 14.1.